The van der Waals surface area contributed by atoms with Crippen molar-refractivity contribution in [2.24, 2.45) is 11.8 Å². The molecule has 1 fully saturated rings. The summed E-state index contributed by atoms with van der Waals surface area (Å²) >= 11 is 7.08. The van der Waals surface area contributed by atoms with E-state index in [9.17, 15) is 9.59 Å². The highest BCUT2D eigenvalue weighted by Gasteiger charge is 2.49. The van der Waals surface area contributed by atoms with Crippen LogP contribution in [0, 0.1) is 11.8 Å². The monoisotopic (exact) mass is 258 g/mol. The number of carbonyl (C=O) groups excluding carboxylic acids is 2. The van der Waals surface area contributed by atoms with E-state index in [1.807, 2.05) is 0 Å². The summed E-state index contributed by atoms with van der Waals surface area (Å²) in [7, 11) is 0. The van der Waals surface area contributed by atoms with E-state index in [1.165, 1.54) is 11.3 Å². The minimum absolute atomic E-state index is 0.00111. The van der Waals surface area contributed by atoms with Crippen molar-refractivity contribution in [3.05, 3.63) is 21.3 Å². The number of Topliss-reactive ketones (excluding diaryl/α,β-unsaturated/α-hetero) is 1. The highest BCUT2D eigenvalue weighted by atomic mass is 35.5. The number of carbonyl (C=O) groups is 2. The van der Waals surface area contributed by atoms with Gasteiger partial charge in [0.25, 0.3) is 0 Å². The van der Waals surface area contributed by atoms with Crippen molar-refractivity contribution in [1.29, 1.82) is 0 Å². The van der Waals surface area contributed by atoms with Crippen LogP contribution in [0.5, 0.6) is 0 Å². The largest absolute Gasteiger partial charge is 0.466 e. The van der Waals surface area contributed by atoms with Gasteiger partial charge in [-0.15, -0.1) is 11.3 Å². The molecule has 1 heterocycles. The first-order valence-corrected chi connectivity index (χ1v) is 6.34. The number of esters is 1. The topological polar surface area (TPSA) is 43.4 Å². The van der Waals surface area contributed by atoms with Crippen molar-refractivity contribution < 1.29 is 14.3 Å². The van der Waals surface area contributed by atoms with Gasteiger partial charge in [0.15, 0.2) is 5.78 Å². The van der Waals surface area contributed by atoms with Crippen molar-refractivity contribution in [1.82, 2.24) is 0 Å². The fourth-order valence-electron chi connectivity index (χ4n) is 1.65. The van der Waals surface area contributed by atoms with Crippen LogP contribution in [-0.4, -0.2) is 18.4 Å². The molecule has 0 aromatic carbocycles. The van der Waals surface area contributed by atoms with Crippen LogP contribution in [0.2, 0.25) is 4.34 Å². The van der Waals surface area contributed by atoms with Crippen LogP contribution < -0.4 is 0 Å². The van der Waals surface area contributed by atoms with E-state index in [0.29, 0.717) is 22.9 Å². The van der Waals surface area contributed by atoms with Crippen molar-refractivity contribution in [3.63, 3.8) is 0 Å². The molecular weight excluding hydrogens is 248 g/mol. The van der Waals surface area contributed by atoms with Crippen LogP contribution in [0.15, 0.2) is 11.4 Å². The molecule has 1 aliphatic carbocycles. The molecule has 16 heavy (non-hydrogen) atoms. The molecule has 0 N–H and O–H groups in total. The van der Waals surface area contributed by atoms with Crippen LogP contribution >= 0.6 is 22.9 Å². The minimum Gasteiger partial charge on any atom is -0.466 e. The van der Waals surface area contributed by atoms with Gasteiger partial charge in [-0.2, -0.15) is 0 Å². The van der Waals surface area contributed by atoms with Gasteiger partial charge in [-0.05, 0) is 19.4 Å². The van der Waals surface area contributed by atoms with Crippen LogP contribution in [0.3, 0.4) is 0 Å². The van der Waals surface area contributed by atoms with Crippen LogP contribution in [0.4, 0.5) is 0 Å². The van der Waals surface area contributed by atoms with Gasteiger partial charge in [-0.25, -0.2) is 0 Å². The SMILES string of the molecule is CCOC(=O)C1CC1C(=O)c1csc(Cl)c1. The first-order valence-electron chi connectivity index (χ1n) is 5.08. The molecule has 1 aromatic heterocycles. The Hall–Kier alpha value is -0.870. The number of hydrogen-bond acceptors (Lipinski definition) is 4. The number of halogens is 1. The lowest BCUT2D eigenvalue weighted by molar-refractivity contribution is -0.144. The molecule has 0 saturated heterocycles. The zero-order valence-corrected chi connectivity index (χ0v) is 10.3. The Balaban J connectivity index is 1.97. The van der Waals surface area contributed by atoms with Crippen molar-refractivity contribution >= 4 is 34.7 Å². The summed E-state index contributed by atoms with van der Waals surface area (Å²) in [4.78, 5) is 23.2. The molecule has 1 aliphatic rings. The second-order valence-electron chi connectivity index (χ2n) is 3.70. The molecule has 2 unspecified atom stereocenters. The number of rotatable bonds is 4. The predicted molar refractivity (Wildman–Crippen MR) is 61.9 cm³/mol. The summed E-state index contributed by atoms with van der Waals surface area (Å²) in [6.45, 7) is 2.12. The van der Waals surface area contributed by atoms with Gasteiger partial charge in [0.2, 0.25) is 0 Å². The van der Waals surface area contributed by atoms with Gasteiger partial charge in [-0.3, -0.25) is 9.59 Å². The van der Waals surface area contributed by atoms with Gasteiger partial charge in [-0.1, -0.05) is 11.6 Å². The summed E-state index contributed by atoms with van der Waals surface area (Å²) in [5, 5.41) is 1.73. The van der Waals surface area contributed by atoms with E-state index in [4.69, 9.17) is 16.3 Å². The second-order valence-corrected chi connectivity index (χ2v) is 5.25. The minimum atomic E-state index is -0.262. The Kier molecular flexibility index (Phi) is 3.30. The molecular formula is C11H11ClO3S. The summed E-state index contributed by atoms with van der Waals surface area (Å²) < 4.78 is 5.47. The van der Waals surface area contributed by atoms with Crippen molar-refractivity contribution in [2.75, 3.05) is 6.61 Å². The lowest BCUT2D eigenvalue weighted by Crippen LogP contribution is -2.11. The van der Waals surface area contributed by atoms with E-state index in [2.05, 4.69) is 0 Å². The summed E-state index contributed by atoms with van der Waals surface area (Å²) in [6.07, 6.45) is 0.602. The molecule has 0 spiro atoms. The van der Waals surface area contributed by atoms with Gasteiger partial charge in [0.1, 0.15) is 0 Å². The molecule has 5 heteroatoms. The molecule has 2 rings (SSSR count). The third-order valence-corrected chi connectivity index (χ3v) is 3.66. The molecule has 2 atom stereocenters. The number of thiophene rings is 1. The average Bonchev–Trinajstić information content (AvgIpc) is 2.94. The van der Waals surface area contributed by atoms with Crippen molar-refractivity contribution in [2.45, 2.75) is 13.3 Å². The summed E-state index contributed by atoms with van der Waals surface area (Å²) in [5.74, 6) is -0.709. The predicted octanol–water partition coefficient (Wildman–Crippen LogP) is 2.78. The molecule has 0 radical (unpaired) electrons. The quantitative estimate of drug-likeness (QED) is 0.616. The van der Waals surface area contributed by atoms with Gasteiger partial charge in [0, 0.05) is 16.9 Å². The van der Waals surface area contributed by atoms with Gasteiger partial charge < -0.3 is 4.74 Å². The highest BCUT2D eigenvalue weighted by Crippen LogP contribution is 2.42. The first-order chi connectivity index (χ1) is 7.63. The maximum atomic E-state index is 11.9. The maximum Gasteiger partial charge on any atom is 0.309 e. The van der Waals surface area contributed by atoms with Crippen LogP contribution in [-0.2, 0) is 9.53 Å². The molecule has 0 bridgehead atoms. The Morgan fingerprint density at radius 2 is 2.31 bits per heavy atom. The smallest absolute Gasteiger partial charge is 0.309 e. The number of hydrogen-bond donors (Lipinski definition) is 0. The Labute approximate surface area is 102 Å². The lowest BCUT2D eigenvalue weighted by Gasteiger charge is -1.99. The molecule has 3 nitrogen and oxygen atoms in total. The highest BCUT2D eigenvalue weighted by molar-refractivity contribution is 7.14. The van der Waals surface area contributed by atoms with Crippen molar-refractivity contribution in [3.8, 4) is 0 Å². The number of ether oxygens (including phenoxy) is 1. The van der Waals surface area contributed by atoms with Gasteiger partial charge >= 0.3 is 5.97 Å². The normalized spacial score (nSPS) is 22.9. The second kappa shape index (κ2) is 4.55. The van der Waals surface area contributed by atoms with E-state index in [1.54, 1.807) is 18.4 Å². The van der Waals surface area contributed by atoms with Gasteiger partial charge in [0.05, 0.1) is 16.9 Å². The van der Waals surface area contributed by atoms with E-state index in [-0.39, 0.29) is 23.6 Å². The maximum absolute atomic E-state index is 11.9. The van der Waals surface area contributed by atoms with Crippen LogP contribution in [0.1, 0.15) is 23.7 Å². The van der Waals surface area contributed by atoms with E-state index < -0.39 is 0 Å². The van der Waals surface area contributed by atoms with Crippen LogP contribution in [0.25, 0.3) is 0 Å². The Bertz CT molecular complexity index is 427. The molecule has 1 saturated carbocycles. The third-order valence-electron chi connectivity index (χ3n) is 2.57. The third kappa shape index (κ3) is 2.28. The summed E-state index contributed by atoms with van der Waals surface area (Å²) in [6, 6.07) is 1.65. The Morgan fingerprint density at radius 1 is 1.56 bits per heavy atom. The zero-order chi connectivity index (χ0) is 11.7. The Morgan fingerprint density at radius 3 is 2.88 bits per heavy atom. The molecule has 1 aromatic rings. The fraction of sp³-hybridized carbons (Fsp3) is 0.455. The van der Waals surface area contributed by atoms with E-state index in [0.717, 1.165) is 0 Å². The fourth-order valence-corrected chi connectivity index (χ4v) is 2.52. The average molecular weight is 259 g/mol. The first kappa shape index (κ1) is 11.6. The molecule has 0 amide bonds. The molecule has 86 valence electrons. The lowest BCUT2D eigenvalue weighted by atomic mass is 10.1. The molecule has 0 aliphatic heterocycles. The summed E-state index contributed by atoms with van der Waals surface area (Å²) in [5.41, 5.74) is 0.604. The van der Waals surface area contributed by atoms with E-state index >= 15 is 0 Å². The standard InChI is InChI=1S/C11H11ClO3S/c1-2-15-11(14)8-4-7(8)10(13)6-3-9(12)16-5-6/h3,5,7-8H,2,4H2,1H3. The zero-order valence-electron chi connectivity index (χ0n) is 8.73. The number of ketones is 1.